The summed E-state index contributed by atoms with van der Waals surface area (Å²) in [4.78, 5) is 8.90. The number of furan rings is 1. The Morgan fingerprint density at radius 2 is 1.77 bits per heavy atom. The van der Waals surface area contributed by atoms with Gasteiger partial charge in [-0.1, -0.05) is 30.3 Å². The third kappa shape index (κ3) is 2.12. The highest BCUT2D eigenvalue weighted by Crippen LogP contribution is 2.41. The number of aromatic nitrogens is 1. The Bertz CT molecular complexity index is 1130. The van der Waals surface area contributed by atoms with E-state index in [1.54, 1.807) is 6.20 Å². The van der Waals surface area contributed by atoms with Gasteiger partial charge in [-0.25, -0.2) is 4.98 Å². The van der Waals surface area contributed by atoms with Crippen LogP contribution >= 0.6 is 0 Å². The molecule has 0 amide bonds. The molecule has 5 rings (SSSR count). The van der Waals surface area contributed by atoms with E-state index in [0.717, 1.165) is 22.0 Å². The number of anilines is 1. The Labute approximate surface area is 152 Å². The summed E-state index contributed by atoms with van der Waals surface area (Å²) in [7, 11) is 2.10. The minimum atomic E-state index is 0.0432. The highest BCUT2D eigenvalue weighted by Gasteiger charge is 2.31. The van der Waals surface area contributed by atoms with E-state index in [0.29, 0.717) is 5.71 Å². The van der Waals surface area contributed by atoms with E-state index in [-0.39, 0.29) is 6.17 Å². The van der Waals surface area contributed by atoms with Crippen LogP contribution in [0.25, 0.3) is 22.1 Å². The molecule has 0 aliphatic carbocycles. The molecule has 1 unspecified atom stereocenters. The monoisotopic (exact) mass is 341 g/mol. The van der Waals surface area contributed by atoms with Gasteiger partial charge in [0.15, 0.2) is 0 Å². The molecule has 3 heterocycles. The van der Waals surface area contributed by atoms with E-state index in [1.807, 2.05) is 12.1 Å². The average molecular weight is 341 g/mol. The Hall–Kier alpha value is -3.27. The lowest BCUT2D eigenvalue weighted by atomic mass is 10.0. The van der Waals surface area contributed by atoms with E-state index in [9.17, 15) is 0 Å². The number of rotatable bonds is 2. The SMILES string of the molecule is Cc1ccc2c(oc3ncccc32)c1C1N(C)C=CN1c1ccccc1. The van der Waals surface area contributed by atoms with E-state index < -0.39 is 0 Å². The van der Waals surface area contributed by atoms with Crippen molar-refractivity contribution < 1.29 is 4.42 Å². The Kier molecular flexibility index (Phi) is 3.25. The molecule has 4 heteroatoms. The standard InChI is InChI=1S/C22H19N3O/c1-15-10-11-17-18-9-6-12-23-21(18)26-20(17)19(15)22-24(2)13-14-25(22)16-7-4-3-5-8-16/h3-14,22H,1-2H3. The normalized spacial score (nSPS) is 16.9. The van der Waals surface area contributed by atoms with Crippen molar-refractivity contribution in [2.45, 2.75) is 13.1 Å². The van der Waals surface area contributed by atoms with Crippen LogP contribution in [0.2, 0.25) is 0 Å². The predicted molar refractivity (Wildman–Crippen MR) is 105 cm³/mol. The minimum absolute atomic E-state index is 0.0432. The molecule has 2 aromatic carbocycles. The Morgan fingerprint density at radius 3 is 2.62 bits per heavy atom. The lowest BCUT2D eigenvalue weighted by molar-refractivity contribution is 0.366. The van der Waals surface area contributed by atoms with Crippen LogP contribution in [0, 0.1) is 6.92 Å². The molecule has 0 fully saturated rings. The van der Waals surface area contributed by atoms with E-state index in [2.05, 4.69) is 83.6 Å². The zero-order valence-electron chi connectivity index (χ0n) is 14.8. The van der Waals surface area contributed by atoms with E-state index >= 15 is 0 Å². The van der Waals surface area contributed by atoms with E-state index in [1.165, 1.54) is 11.1 Å². The maximum absolute atomic E-state index is 6.22. The van der Waals surface area contributed by atoms with E-state index in [4.69, 9.17) is 4.42 Å². The molecular formula is C22H19N3O. The van der Waals surface area contributed by atoms with Gasteiger partial charge in [0.05, 0.1) is 0 Å². The summed E-state index contributed by atoms with van der Waals surface area (Å²) in [5, 5.41) is 2.17. The molecule has 4 aromatic rings. The fraction of sp³-hybridized carbons (Fsp3) is 0.136. The maximum Gasteiger partial charge on any atom is 0.227 e. The highest BCUT2D eigenvalue weighted by molar-refractivity contribution is 6.05. The van der Waals surface area contributed by atoms with Gasteiger partial charge in [-0.3, -0.25) is 0 Å². The first-order valence-electron chi connectivity index (χ1n) is 8.74. The summed E-state index contributed by atoms with van der Waals surface area (Å²) in [6.45, 7) is 2.14. The molecule has 0 bridgehead atoms. The van der Waals surface area contributed by atoms with Crippen LogP contribution in [0.15, 0.2) is 77.6 Å². The van der Waals surface area contributed by atoms with Gasteiger partial charge in [0.25, 0.3) is 0 Å². The van der Waals surface area contributed by atoms with Crippen LogP contribution in [0.5, 0.6) is 0 Å². The van der Waals surface area contributed by atoms with Gasteiger partial charge in [-0.15, -0.1) is 0 Å². The summed E-state index contributed by atoms with van der Waals surface area (Å²) in [6.07, 6.45) is 6.05. The first-order valence-corrected chi connectivity index (χ1v) is 8.74. The third-order valence-corrected chi connectivity index (χ3v) is 5.10. The van der Waals surface area contributed by atoms with Crippen LogP contribution in [-0.2, 0) is 0 Å². The number of benzene rings is 2. The summed E-state index contributed by atoms with van der Waals surface area (Å²) >= 11 is 0. The van der Waals surface area contributed by atoms with Crippen molar-refractivity contribution in [3.63, 3.8) is 0 Å². The summed E-state index contributed by atoms with van der Waals surface area (Å²) < 4.78 is 6.22. The number of nitrogens with zero attached hydrogens (tertiary/aromatic N) is 3. The molecule has 0 saturated carbocycles. The Balaban J connectivity index is 1.76. The van der Waals surface area contributed by atoms with Crippen molar-refractivity contribution in [3.8, 4) is 0 Å². The zero-order chi connectivity index (χ0) is 17.7. The third-order valence-electron chi connectivity index (χ3n) is 5.10. The van der Waals surface area contributed by atoms with Crippen molar-refractivity contribution in [1.82, 2.24) is 9.88 Å². The molecule has 4 nitrogen and oxygen atoms in total. The number of hydrogen-bond acceptors (Lipinski definition) is 4. The largest absolute Gasteiger partial charge is 0.437 e. The summed E-state index contributed by atoms with van der Waals surface area (Å²) in [6, 6.07) is 18.8. The first kappa shape index (κ1) is 15.0. The van der Waals surface area contributed by atoms with Gasteiger partial charge < -0.3 is 14.2 Å². The van der Waals surface area contributed by atoms with Crippen molar-refractivity contribution in [3.05, 3.63) is 84.3 Å². The Morgan fingerprint density at radius 1 is 0.923 bits per heavy atom. The fourth-order valence-electron chi connectivity index (χ4n) is 3.82. The van der Waals surface area contributed by atoms with Gasteiger partial charge in [-0.2, -0.15) is 0 Å². The lowest BCUT2D eigenvalue weighted by Gasteiger charge is -2.32. The van der Waals surface area contributed by atoms with Gasteiger partial charge >= 0.3 is 0 Å². The molecular weight excluding hydrogens is 322 g/mol. The molecule has 0 N–H and O–H groups in total. The average Bonchev–Trinajstić information content (AvgIpc) is 3.23. The number of fused-ring (bicyclic) bond motifs is 3. The zero-order valence-corrected chi connectivity index (χ0v) is 14.8. The second-order valence-corrected chi connectivity index (χ2v) is 6.71. The highest BCUT2D eigenvalue weighted by atomic mass is 16.3. The van der Waals surface area contributed by atoms with Crippen LogP contribution in [0.4, 0.5) is 5.69 Å². The van der Waals surface area contributed by atoms with Gasteiger partial charge in [-0.05, 0) is 36.8 Å². The molecule has 1 atom stereocenters. The molecule has 0 spiro atoms. The fourth-order valence-corrected chi connectivity index (χ4v) is 3.82. The molecule has 0 radical (unpaired) electrons. The lowest BCUT2D eigenvalue weighted by Crippen LogP contribution is -2.29. The van der Waals surface area contributed by atoms with Crippen LogP contribution < -0.4 is 4.90 Å². The van der Waals surface area contributed by atoms with Gasteiger partial charge in [0.1, 0.15) is 11.7 Å². The van der Waals surface area contributed by atoms with Gasteiger partial charge in [0, 0.05) is 47.7 Å². The summed E-state index contributed by atoms with van der Waals surface area (Å²) in [5.41, 5.74) is 5.15. The minimum Gasteiger partial charge on any atom is -0.437 e. The molecule has 1 aliphatic rings. The molecule has 128 valence electrons. The molecule has 1 aliphatic heterocycles. The number of aryl methyl sites for hydroxylation is 1. The van der Waals surface area contributed by atoms with Crippen molar-refractivity contribution in [2.24, 2.45) is 0 Å². The smallest absolute Gasteiger partial charge is 0.227 e. The maximum atomic E-state index is 6.22. The van der Waals surface area contributed by atoms with Gasteiger partial charge in [0.2, 0.25) is 5.71 Å². The number of hydrogen-bond donors (Lipinski definition) is 0. The van der Waals surface area contributed by atoms with Crippen molar-refractivity contribution in [1.29, 1.82) is 0 Å². The molecule has 26 heavy (non-hydrogen) atoms. The number of pyridine rings is 1. The predicted octanol–water partition coefficient (Wildman–Crippen LogP) is 5.21. The van der Waals surface area contributed by atoms with Crippen molar-refractivity contribution in [2.75, 3.05) is 11.9 Å². The molecule has 0 saturated heterocycles. The second kappa shape index (κ2) is 5.63. The van der Waals surface area contributed by atoms with Crippen molar-refractivity contribution >= 4 is 27.8 Å². The topological polar surface area (TPSA) is 32.5 Å². The second-order valence-electron chi connectivity index (χ2n) is 6.71. The van der Waals surface area contributed by atoms with Crippen LogP contribution in [0.3, 0.4) is 0 Å². The van der Waals surface area contributed by atoms with Crippen LogP contribution in [0.1, 0.15) is 17.3 Å². The summed E-state index contributed by atoms with van der Waals surface area (Å²) in [5.74, 6) is 0. The first-order chi connectivity index (χ1) is 12.7. The quantitative estimate of drug-likeness (QED) is 0.501. The molecule has 2 aromatic heterocycles. The number of para-hydroxylation sites is 1. The van der Waals surface area contributed by atoms with Crippen LogP contribution in [-0.4, -0.2) is 16.9 Å².